The molecule has 10 heteroatoms. The van der Waals surface area contributed by atoms with Crippen LogP contribution in [-0.4, -0.2) is 92.9 Å². The third kappa shape index (κ3) is 12.8. The second kappa shape index (κ2) is 18.8. The number of cyclic esters (lactones) is 1. The van der Waals surface area contributed by atoms with Crippen LogP contribution in [0, 0.1) is 0 Å². The predicted octanol–water partition coefficient (Wildman–Crippen LogP) is 1.95. The van der Waals surface area contributed by atoms with E-state index in [0.717, 1.165) is 12.8 Å². The van der Waals surface area contributed by atoms with E-state index in [-0.39, 0.29) is 18.3 Å². The first-order chi connectivity index (χ1) is 19.2. The highest BCUT2D eigenvalue weighted by molar-refractivity contribution is 5.82. The van der Waals surface area contributed by atoms with Crippen LogP contribution in [-0.2, 0) is 23.8 Å². The molecule has 0 aromatic heterocycles. The molecule has 0 amide bonds. The van der Waals surface area contributed by atoms with Crippen molar-refractivity contribution in [2.24, 2.45) is 0 Å². The summed E-state index contributed by atoms with van der Waals surface area (Å²) in [6.07, 6.45) is 12.3. The highest BCUT2D eigenvalue weighted by Crippen LogP contribution is 2.24. The zero-order valence-electron chi connectivity index (χ0n) is 23.0. The van der Waals surface area contributed by atoms with Crippen molar-refractivity contribution < 1.29 is 49.3 Å². The zero-order chi connectivity index (χ0) is 29.3. The molecule has 0 aromatic carbocycles. The van der Waals surface area contributed by atoms with E-state index in [1.807, 2.05) is 19.1 Å². The number of hydrogen-bond donors (Lipinski definition) is 5. The van der Waals surface area contributed by atoms with E-state index in [1.54, 1.807) is 42.5 Å². The van der Waals surface area contributed by atoms with Crippen molar-refractivity contribution in [3.8, 4) is 0 Å². The Hall–Kier alpha value is -2.44. The zero-order valence-corrected chi connectivity index (χ0v) is 23.0. The number of ether oxygens (including phenoxy) is 3. The van der Waals surface area contributed by atoms with Gasteiger partial charge in [0.2, 0.25) is 0 Å². The summed E-state index contributed by atoms with van der Waals surface area (Å²) in [4.78, 5) is 24.2. The van der Waals surface area contributed by atoms with Crippen LogP contribution in [0.2, 0.25) is 0 Å². The summed E-state index contributed by atoms with van der Waals surface area (Å²) in [5, 5.41) is 50.0. The SMILES string of the molecule is C[C@@H]1CCC/C=C/CCC(=O)C[C@@H](O)C/C=C\C=C\[C@@H](O[C@@H]2O[C@H](CO)[C@@H](O)[C@H](O)[C@H]2O)C/C=C/C=C\C(=O)O1. The predicted molar refractivity (Wildman–Crippen MR) is 148 cm³/mol. The fourth-order valence-electron chi connectivity index (χ4n) is 4.21. The van der Waals surface area contributed by atoms with Crippen LogP contribution in [0.5, 0.6) is 0 Å². The summed E-state index contributed by atoms with van der Waals surface area (Å²) in [6.45, 7) is 1.26. The molecule has 0 radical (unpaired) electrons. The molecule has 10 nitrogen and oxygen atoms in total. The van der Waals surface area contributed by atoms with Crippen LogP contribution in [0.25, 0.3) is 0 Å². The number of carbonyl (C=O) groups excluding carboxylic acids is 2. The van der Waals surface area contributed by atoms with Gasteiger partial charge in [0.05, 0.1) is 24.9 Å². The van der Waals surface area contributed by atoms with Crippen molar-refractivity contribution in [2.75, 3.05) is 6.61 Å². The first-order valence-corrected chi connectivity index (χ1v) is 13.9. The van der Waals surface area contributed by atoms with Gasteiger partial charge in [0, 0.05) is 18.9 Å². The molecular weight excluding hydrogens is 520 g/mol. The van der Waals surface area contributed by atoms with Crippen LogP contribution in [0.4, 0.5) is 0 Å². The summed E-state index contributed by atoms with van der Waals surface area (Å²) in [5.74, 6) is -0.467. The van der Waals surface area contributed by atoms with Crippen LogP contribution < -0.4 is 0 Å². The quantitative estimate of drug-likeness (QED) is 0.253. The lowest BCUT2D eigenvalue weighted by Crippen LogP contribution is -2.59. The molecule has 2 rings (SSSR count). The molecule has 5 N–H and O–H groups in total. The van der Waals surface area contributed by atoms with Crippen LogP contribution in [0.15, 0.2) is 60.8 Å². The molecule has 1 fully saturated rings. The molecule has 1 saturated heterocycles. The third-order valence-electron chi connectivity index (χ3n) is 6.50. The van der Waals surface area contributed by atoms with E-state index >= 15 is 0 Å². The number of aliphatic hydroxyl groups excluding tert-OH is 5. The van der Waals surface area contributed by atoms with Gasteiger partial charge in [-0.1, -0.05) is 54.7 Å². The van der Waals surface area contributed by atoms with Crippen LogP contribution in [0.3, 0.4) is 0 Å². The lowest BCUT2D eigenvalue weighted by atomic mass is 9.99. The fraction of sp³-hybridized carbons (Fsp3) is 0.600. The van der Waals surface area contributed by atoms with Gasteiger partial charge < -0.3 is 39.7 Å². The normalized spacial score (nSPS) is 38.4. The Kier molecular flexibility index (Phi) is 15.9. The monoisotopic (exact) mass is 564 g/mol. The second-order valence-corrected chi connectivity index (χ2v) is 10.0. The number of aliphatic hydroxyl groups is 5. The van der Waals surface area contributed by atoms with Crippen molar-refractivity contribution in [3.05, 3.63) is 60.8 Å². The Morgan fingerprint density at radius 3 is 2.40 bits per heavy atom. The molecule has 0 spiro atoms. The maximum absolute atomic E-state index is 12.1. The minimum absolute atomic E-state index is 0.0103. The Bertz CT molecular complexity index is 906. The number of hydrogen-bond acceptors (Lipinski definition) is 10. The first-order valence-electron chi connectivity index (χ1n) is 13.9. The van der Waals surface area contributed by atoms with Crippen LogP contribution >= 0.6 is 0 Å². The van der Waals surface area contributed by atoms with Gasteiger partial charge >= 0.3 is 5.97 Å². The molecule has 0 aliphatic carbocycles. The standard InChI is InChI=1S/C30H44O10/c1-21-13-7-3-2-4-8-14-22(32)19-23(33)15-9-5-10-16-24(17-11-6-12-18-26(34)38-21)39-30-29(37)28(36)27(35)25(20-31)40-30/h2,4-6,9-12,16,18,21,23-25,27-31,33,35-37H,3,7-8,13-15,17,19-20H2,1H3/b4-2+,9-5-,11-6+,16-10+,18-12-/t21-,23+,24-,25-,27-,28+,29-,30-/m1/s1. The van der Waals surface area contributed by atoms with E-state index in [1.165, 1.54) is 6.08 Å². The molecule has 0 unspecified atom stereocenters. The number of ketones is 1. The summed E-state index contributed by atoms with van der Waals surface area (Å²) in [5.41, 5.74) is 0. The number of allylic oxidation sites excluding steroid dienone is 6. The minimum atomic E-state index is -1.57. The summed E-state index contributed by atoms with van der Waals surface area (Å²) in [6, 6.07) is 0. The number of esters is 1. The van der Waals surface area contributed by atoms with Crippen molar-refractivity contribution in [1.29, 1.82) is 0 Å². The highest BCUT2D eigenvalue weighted by Gasteiger charge is 2.44. The van der Waals surface area contributed by atoms with Gasteiger partial charge in [0.25, 0.3) is 0 Å². The lowest BCUT2D eigenvalue weighted by Gasteiger charge is -2.40. The molecule has 0 bridgehead atoms. The third-order valence-corrected chi connectivity index (χ3v) is 6.50. The molecule has 2 aliphatic rings. The lowest BCUT2D eigenvalue weighted by molar-refractivity contribution is -0.307. The minimum Gasteiger partial charge on any atom is -0.460 e. The Morgan fingerprint density at radius 2 is 1.62 bits per heavy atom. The van der Waals surface area contributed by atoms with Gasteiger partial charge in [-0.3, -0.25) is 4.79 Å². The van der Waals surface area contributed by atoms with Gasteiger partial charge in [0.15, 0.2) is 6.29 Å². The van der Waals surface area contributed by atoms with Crippen molar-refractivity contribution in [3.63, 3.8) is 0 Å². The molecule has 0 aromatic rings. The summed E-state index contributed by atoms with van der Waals surface area (Å²) >= 11 is 0. The van der Waals surface area contributed by atoms with Gasteiger partial charge in [-0.05, 0) is 45.4 Å². The van der Waals surface area contributed by atoms with Crippen molar-refractivity contribution >= 4 is 11.8 Å². The number of Topliss-reactive ketones (excluding diaryl/α,β-unsaturated/α-hetero) is 1. The molecule has 0 saturated carbocycles. The fourth-order valence-corrected chi connectivity index (χ4v) is 4.21. The maximum Gasteiger partial charge on any atom is 0.331 e. The Morgan fingerprint density at radius 1 is 0.900 bits per heavy atom. The van der Waals surface area contributed by atoms with E-state index < -0.39 is 55.5 Å². The van der Waals surface area contributed by atoms with E-state index in [0.29, 0.717) is 32.1 Å². The van der Waals surface area contributed by atoms with Crippen LogP contribution in [0.1, 0.15) is 58.3 Å². The molecular formula is C30H44O10. The van der Waals surface area contributed by atoms with Gasteiger partial charge in [-0.2, -0.15) is 0 Å². The smallest absolute Gasteiger partial charge is 0.331 e. The molecule has 8 atom stereocenters. The van der Waals surface area contributed by atoms with Gasteiger partial charge in [0.1, 0.15) is 30.2 Å². The Balaban J connectivity index is 2.11. The maximum atomic E-state index is 12.1. The van der Waals surface area contributed by atoms with E-state index in [4.69, 9.17) is 14.2 Å². The van der Waals surface area contributed by atoms with E-state index in [9.17, 15) is 35.1 Å². The van der Waals surface area contributed by atoms with Gasteiger partial charge in [-0.25, -0.2) is 4.79 Å². The van der Waals surface area contributed by atoms with Crippen molar-refractivity contribution in [1.82, 2.24) is 0 Å². The van der Waals surface area contributed by atoms with E-state index in [2.05, 4.69) is 0 Å². The molecule has 2 heterocycles. The first kappa shape index (κ1) is 33.8. The Labute approximate surface area is 235 Å². The highest BCUT2D eigenvalue weighted by atomic mass is 16.7. The van der Waals surface area contributed by atoms with Crippen molar-refractivity contribution in [2.45, 2.75) is 107 Å². The number of rotatable bonds is 3. The van der Waals surface area contributed by atoms with Gasteiger partial charge in [-0.15, -0.1) is 0 Å². The number of carbonyl (C=O) groups is 2. The summed E-state index contributed by atoms with van der Waals surface area (Å²) < 4.78 is 16.7. The average molecular weight is 565 g/mol. The topological polar surface area (TPSA) is 163 Å². The molecule has 40 heavy (non-hydrogen) atoms. The largest absolute Gasteiger partial charge is 0.460 e. The molecule has 2 aliphatic heterocycles. The average Bonchev–Trinajstić information content (AvgIpc) is 2.91. The molecule has 224 valence electrons. The summed E-state index contributed by atoms with van der Waals surface area (Å²) in [7, 11) is 0. The second-order valence-electron chi connectivity index (χ2n) is 10.0.